The van der Waals surface area contributed by atoms with Crippen LogP contribution in [0.2, 0.25) is 0 Å². The number of nitrogens with one attached hydrogen (secondary N) is 1. The van der Waals surface area contributed by atoms with E-state index in [-0.39, 0.29) is 28.2 Å². The summed E-state index contributed by atoms with van der Waals surface area (Å²) in [5, 5.41) is 12.4. The average Bonchev–Trinajstić information content (AvgIpc) is 3.47. The van der Waals surface area contributed by atoms with Crippen LogP contribution in [0.4, 0.5) is 14.9 Å². The molecule has 5 rings (SSSR count). The first-order chi connectivity index (χ1) is 20.1. The molecule has 3 aromatic carbocycles. The smallest absolute Gasteiger partial charge is 0.414 e. The van der Waals surface area contributed by atoms with Gasteiger partial charge in [0.1, 0.15) is 16.2 Å². The third-order valence-corrected chi connectivity index (χ3v) is 8.00. The van der Waals surface area contributed by atoms with E-state index in [4.69, 9.17) is 17.0 Å². The van der Waals surface area contributed by atoms with E-state index in [2.05, 4.69) is 5.32 Å². The highest BCUT2D eigenvalue weighted by molar-refractivity contribution is 8.26. The van der Waals surface area contributed by atoms with Crippen molar-refractivity contribution in [2.75, 3.05) is 18.0 Å². The Morgan fingerprint density at radius 3 is 2.50 bits per heavy atom. The van der Waals surface area contributed by atoms with Gasteiger partial charge < -0.3 is 15.2 Å². The maximum atomic E-state index is 15.2. The van der Waals surface area contributed by atoms with Crippen LogP contribution in [0.25, 0.3) is 17.2 Å². The van der Waals surface area contributed by atoms with E-state index in [1.165, 1.54) is 17.9 Å². The topological polar surface area (TPSA) is 116 Å². The summed E-state index contributed by atoms with van der Waals surface area (Å²) in [5.41, 5.74) is 2.30. The number of carboxylic acid groups (broad SMARTS) is 1. The van der Waals surface area contributed by atoms with Gasteiger partial charge in [-0.2, -0.15) is 0 Å². The molecule has 1 unspecified atom stereocenters. The Bertz CT molecular complexity index is 1610. The van der Waals surface area contributed by atoms with Crippen LogP contribution in [-0.4, -0.2) is 57.4 Å². The van der Waals surface area contributed by atoms with E-state index in [0.717, 1.165) is 16.7 Å². The first-order valence-corrected chi connectivity index (χ1v) is 14.0. The molecule has 2 aliphatic heterocycles. The second-order valence-corrected chi connectivity index (χ2v) is 11.2. The molecule has 0 aliphatic carbocycles. The van der Waals surface area contributed by atoms with Gasteiger partial charge in [-0.3, -0.25) is 19.4 Å². The number of anilines is 1. The second kappa shape index (κ2) is 12.1. The Kier molecular flexibility index (Phi) is 8.36. The highest BCUT2D eigenvalue weighted by Crippen LogP contribution is 2.38. The normalized spacial score (nSPS) is 18.4. The van der Waals surface area contributed by atoms with Gasteiger partial charge in [0, 0.05) is 12.5 Å². The minimum Gasteiger partial charge on any atom is -0.479 e. The first kappa shape index (κ1) is 29.0. The molecule has 12 heteroatoms. The summed E-state index contributed by atoms with van der Waals surface area (Å²) in [7, 11) is 0. The van der Waals surface area contributed by atoms with E-state index in [1.54, 1.807) is 72.8 Å². The Hall–Kier alpha value is -4.55. The van der Waals surface area contributed by atoms with Crippen molar-refractivity contribution in [3.05, 3.63) is 94.6 Å². The van der Waals surface area contributed by atoms with Gasteiger partial charge in [0.15, 0.2) is 6.04 Å². The van der Waals surface area contributed by atoms with E-state index >= 15 is 4.39 Å². The molecule has 3 amide bonds. The Morgan fingerprint density at radius 2 is 1.86 bits per heavy atom. The minimum atomic E-state index is -1.25. The molecule has 0 spiro atoms. The molecule has 0 aromatic heterocycles. The molecule has 0 saturated carbocycles. The van der Waals surface area contributed by atoms with Crippen molar-refractivity contribution in [1.29, 1.82) is 0 Å². The molecule has 2 heterocycles. The largest absolute Gasteiger partial charge is 0.479 e. The predicted octanol–water partition coefficient (Wildman–Crippen LogP) is 4.98. The van der Waals surface area contributed by atoms with Crippen LogP contribution in [0.5, 0.6) is 0 Å². The van der Waals surface area contributed by atoms with Crippen molar-refractivity contribution in [1.82, 2.24) is 10.2 Å². The Morgan fingerprint density at radius 1 is 1.14 bits per heavy atom. The van der Waals surface area contributed by atoms with Crippen LogP contribution in [-0.2, 0) is 19.1 Å². The van der Waals surface area contributed by atoms with Gasteiger partial charge in [0.05, 0.1) is 23.7 Å². The van der Waals surface area contributed by atoms with Crippen LogP contribution in [0.15, 0.2) is 77.7 Å². The molecule has 0 radical (unpaired) electrons. The summed E-state index contributed by atoms with van der Waals surface area (Å²) >= 11 is 6.39. The van der Waals surface area contributed by atoms with Gasteiger partial charge in [-0.05, 0) is 41.0 Å². The van der Waals surface area contributed by atoms with Crippen LogP contribution in [0.3, 0.4) is 0 Å². The molecule has 2 saturated heterocycles. The summed E-state index contributed by atoms with van der Waals surface area (Å²) in [6.45, 7) is 1.71. The third kappa shape index (κ3) is 6.04. The molecule has 0 bridgehead atoms. The maximum Gasteiger partial charge on any atom is 0.414 e. The lowest BCUT2D eigenvalue weighted by molar-refractivity contribution is -0.145. The quantitative estimate of drug-likeness (QED) is 0.273. The number of hydrogen-bond acceptors (Lipinski definition) is 7. The Labute approximate surface area is 249 Å². The van der Waals surface area contributed by atoms with E-state index in [1.807, 2.05) is 0 Å². The van der Waals surface area contributed by atoms with Crippen molar-refractivity contribution in [3.63, 3.8) is 0 Å². The SMILES string of the molecule is CC(=O)NC[C@H]1CN(c2ccc(-c3ccc(/C=C4\SC(=S)N(C(C(=O)O)c5ccccc5)C4=O)cc3)c(F)c2)C(=O)O1. The van der Waals surface area contributed by atoms with Gasteiger partial charge >= 0.3 is 12.1 Å². The van der Waals surface area contributed by atoms with E-state index < -0.39 is 35.9 Å². The molecular weight excluding hydrogens is 581 g/mol. The molecule has 9 nitrogen and oxygen atoms in total. The molecule has 2 fully saturated rings. The van der Waals surface area contributed by atoms with Gasteiger partial charge in [0.2, 0.25) is 5.91 Å². The van der Waals surface area contributed by atoms with Crippen LogP contribution >= 0.6 is 24.0 Å². The third-order valence-electron chi connectivity index (χ3n) is 6.67. The lowest BCUT2D eigenvalue weighted by Crippen LogP contribution is -2.37. The number of hydrogen-bond donors (Lipinski definition) is 2. The second-order valence-electron chi connectivity index (χ2n) is 9.54. The van der Waals surface area contributed by atoms with Crippen molar-refractivity contribution in [2.24, 2.45) is 0 Å². The number of ether oxygens (including phenoxy) is 1. The highest BCUT2D eigenvalue weighted by Gasteiger charge is 2.41. The number of cyclic esters (lactones) is 1. The molecule has 3 aromatic rings. The minimum absolute atomic E-state index is 0.143. The number of carbonyl (C=O) groups excluding carboxylic acids is 3. The first-order valence-electron chi connectivity index (χ1n) is 12.8. The number of nitrogens with zero attached hydrogens (tertiary/aromatic N) is 2. The average molecular weight is 606 g/mol. The summed E-state index contributed by atoms with van der Waals surface area (Å²) in [5.74, 6) is -2.48. The fraction of sp³-hybridized carbons (Fsp3) is 0.167. The number of amides is 3. The van der Waals surface area contributed by atoms with Crippen molar-refractivity contribution in [2.45, 2.75) is 19.1 Å². The summed E-state index contributed by atoms with van der Waals surface area (Å²) in [6.07, 6.45) is 0.458. The summed E-state index contributed by atoms with van der Waals surface area (Å²) in [4.78, 5) is 51.4. The lowest BCUT2D eigenvalue weighted by atomic mass is 10.0. The van der Waals surface area contributed by atoms with Crippen LogP contribution in [0.1, 0.15) is 24.1 Å². The molecule has 2 aliphatic rings. The number of thiocarbonyl (C=S) groups is 1. The zero-order valence-corrected chi connectivity index (χ0v) is 23.8. The number of halogens is 1. The number of aliphatic carboxylic acids is 1. The van der Waals surface area contributed by atoms with Crippen molar-refractivity contribution < 1.29 is 33.4 Å². The summed E-state index contributed by atoms with van der Waals surface area (Å²) < 4.78 is 20.5. The zero-order chi connectivity index (χ0) is 30.0. The number of carboxylic acids is 1. The van der Waals surface area contributed by atoms with E-state index in [0.29, 0.717) is 27.9 Å². The predicted molar refractivity (Wildman–Crippen MR) is 160 cm³/mol. The van der Waals surface area contributed by atoms with Crippen molar-refractivity contribution in [3.8, 4) is 11.1 Å². The number of benzene rings is 3. The molecule has 42 heavy (non-hydrogen) atoms. The zero-order valence-electron chi connectivity index (χ0n) is 22.2. The summed E-state index contributed by atoms with van der Waals surface area (Å²) in [6, 6.07) is 18.4. The van der Waals surface area contributed by atoms with Gasteiger partial charge in [-0.15, -0.1) is 0 Å². The van der Waals surface area contributed by atoms with Gasteiger partial charge in [-0.25, -0.2) is 14.0 Å². The maximum absolute atomic E-state index is 15.2. The monoisotopic (exact) mass is 605 g/mol. The number of thioether (sulfide) groups is 1. The number of carbonyl (C=O) groups is 4. The molecule has 2 atom stereocenters. The van der Waals surface area contributed by atoms with Crippen molar-refractivity contribution >= 4 is 63.9 Å². The van der Waals surface area contributed by atoms with Crippen LogP contribution < -0.4 is 10.2 Å². The number of rotatable bonds is 8. The molecule has 2 N–H and O–H groups in total. The van der Waals surface area contributed by atoms with Crippen LogP contribution in [0, 0.1) is 5.82 Å². The lowest BCUT2D eigenvalue weighted by Gasteiger charge is -2.23. The molecule has 214 valence electrons. The van der Waals surface area contributed by atoms with Gasteiger partial charge in [0.25, 0.3) is 5.91 Å². The van der Waals surface area contributed by atoms with Gasteiger partial charge in [-0.1, -0.05) is 78.6 Å². The van der Waals surface area contributed by atoms with E-state index in [9.17, 15) is 24.3 Å². The molecular formula is C30H24FN3O6S2. The fourth-order valence-electron chi connectivity index (χ4n) is 4.65. The Balaban J connectivity index is 1.31. The fourth-order valence-corrected chi connectivity index (χ4v) is 5.97. The standard InChI is InChI=1S/C30H24FN3O6S2/c1-17(35)32-15-22-16-33(29(39)40-22)21-11-12-23(24(31)14-21)19-9-7-18(8-10-19)13-25-27(36)34(30(41)42-25)26(28(37)38)20-5-3-2-4-6-20/h2-14,22,26H,15-16H2,1H3,(H,32,35)(H,37,38)/b25-13-/t22-,26?/m0/s1. The highest BCUT2D eigenvalue weighted by atomic mass is 32.2.